The van der Waals surface area contributed by atoms with E-state index in [0.29, 0.717) is 0 Å². The molecule has 0 spiro atoms. The molecule has 22 heavy (non-hydrogen) atoms. The molecule has 0 aliphatic carbocycles. The van der Waals surface area contributed by atoms with E-state index in [4.69, 9.17) is 5.11 Å². The highest BCUT2D eigenvalue weighted by Crippen LogP contribution is 2.16. The minimum atomic E-state index is -1.09. The van der Waals surface area contributed by atoms with Crippen LogP contribution >= 0.6 is 0 Å². The molecule has 0 unspecified atom stereocenters. The second kappa shape index (κ2) is 8.06. The first-order valence-electron chi connectivity index (χ1n) is 7.32. The van der Waals surface area contributed by atoms with Crippen molar-refractivity contribution in [1.29, 1.82) is 0 Å². The number of amides is 3. The molecular weight excluding hydrogens is 286 g/mol. The van der Waals surface area contributed by atoms with Gasteiger partial charge in [-0.25, -0.2) is 14.6 Å². The Balaban J connectivity index is 1.64. The number of carbonyl (C=O) groups excluding carboxylic acids is 1. The van der Waals surface area contributed by atoms with Crippen molar-refractivity contribution in [1.82, 2.24) is 20.9 Å². The number of rotatable bonds is 5. The van der Waals surface area contributed by atoms with E-state index in [2.05, 4.69) is 25.8 Å². The number of pyridine rings is 1. The zero-order valence-corrected chi connectivity index (χ0v) is 12.3. The second-order valence-corrected chi connectivity index (χ2v) is 5.08. The molecule has 1 aromatic rings. The number of hydrogen-bond acceptors (Lipinski definition) is 4. The maximum atomic E-state index is 11.7. The third-order valence-corrected chi connectivity index (χ3v) is 3.49. The molecule has 1 fully saturated rings. The number of urea groups is 1. The molecule has 1 aromatic heterocycles. The van der Waals surface area contributed by atoms with Crippen LogP contribution in [0.3, 0.4) is 0 Å². The highest BCUT2D eigenvalue weighted by molar-refractivity contribution is 5.74. The molecule has 4 N–H and O–H groups in total. The van der Waals surface area contributed by atoms with Crippen molar-refractivity contribution in [2.24, 2.45) is 0 Å². The second-order valence-electron chi connectivity index (χ2n) is 5.08. The number of carbonyl (C=O) groups is 2. The van der Waals surface area contributed by atoms with Crippen molar-refractivity contribution in [3.63, 3.8) is 0 Å². The maximum Gasteiger partial charge on any atom is 0.404 e. The molecule has 2 heterocycles. The average Bonchev–Trinajstić information content (AvgIpc) is 2.53. The number of nitrogens with zero attached hydrogens (tertiary/aromatic N) is 2. The summed E-state index contributed by atoms with van der Waals surface area (Å²) in [6, 6.07) is 5.71. The lowest BCUT2D eigenvalue weighted by molar-refractivity contribution is 0.194. The van der Waals surface area contributed by atoms with E-state index in [1.807, 2.05) is 18.2 Å². The van der Waals surface area contributed by atoms with E-state index >= 15 is 0 Å². The number of anilines is 1. The molecule has 0 bridgehead atoms. The van der Waals surface area contributed by atoms with Gasteiger partial charge in [0.05, 0.1) is 0 Å². The van der Waals surface area contributed by atoms with Gasteiger partial charge >= 0.3 is 12.1 Å². The molecule has 1 aliphatic rings. The predicted octanol–water partition coefficient (Wildman–Crippen LogP) is 0.617. The topological polar surface area (TPSA) is 107 Å². The van der Waals surface area contributed by atoms with Crippen molar-refractivity contribution >= 4 is 17.9 Å². The predicted molar refractivity (Wildman–Crippen MR) is 82.0 cm³/mol. The zero-order chi connectivity index (χ0) is 15.8. The fourth-order valence-electron chi connectivity index (χ4n) is 2.38. The van der Waals surface area contributed by atoms with Crippen molar-refractivity contribution < 1.29 is 14.7 Å². The third kappa shape index (κ3) is 5.12. The number of piperidine rings is 1. The first-order chi connectivity index (χ1) is 10.6. The van der Waals surface area contributed by atoms with Crippen molar-refractivity contribution in [3.8, 4) is 0 Å². The largest absolute Gasteiger partial charge is 0.465 e. The Labute approximate surface area is 128 Å². The normalized spacial score (nSPS) is 15.2. The Morgan fingerprint density at radius 1 is 1.23 bits per heavy atom. The van der Waals surface area contributed by atoms with Gasteiger partial charge in [-0.05, 0) is 25.0 Å². The van der Waals surface area contributed by atoms with Crippen molar-refractivity contribution in [2.45, 2.75) is 18.9 Å². The van der Waals surface area contributed by atoms with Gasteiger partial charge in [0, 0.05) is 38.4 Å². The summed E-state index contributed by atoms with van der Waals surface area (Å²) in [5.41, 5.74) is 0. The maximum absolute atomic E-state index is 11.7. The standard InChI is InChI=1S/C14H21N5O3/c20-13(16-7-8-17-14(21)22)18-11-4-9-19(10-5-11)12-3-1-2-6-15-12/h1-3,6,11,17H,4-5,7-10H2,(H,21,22)(H2,16,18,20). The van der Waals surface area contributed by atoms with Gasteiger partial charge in [0.25, 0.3) is 0 Å². The summed E-state index contributed by atoms with van der Waals surface area (Å²) in [6.45, 7) is 2.16. The molecule has 8 heteroatoms. The fourth-order valence-corrected chi connectivity index (χ4v) is 2.38. The summed E-state index contributed by atoms with van der Waals surface area (Å²) >= 11 is 0. The number of hydrogen-bond donors (Lipinski definition) is 4. The highest BCUT2D eigenvalue weighted by atomic mass is 16.4. The van der Waals surface area contributed by atoms with Crippen molar-refractivity contribution in [2.75, 3.05) is 31.1 Å². The molecule has 1 aliphatic heterocycles. The van der Waals surface area contributed by atoms with Crippen LogP contribution in [0.4, 0.5) is 15.4 Å². The molecule has 3 amide bonds. The van der Waals surface area contributed by atoms with Crippen LogP contribution in [0.25, 0.3) is 0 Å². The van der Waals surface area contributed by atoms with E-state index in [1.54, 1.807) is 6.20 Å². The lowest BCUT2D eigenvalue weighted by Gasteiger charge is -2.33. The van der Waals surface area contributed by atoms with Crippen LogP contribution in [0.2, 0.25) is 0 Å². The molecule has 2 rings (SSSR count). The minimum absolute atomic E-state index is 0.132. The highest BCUT2D eigenvalue weighted by Gasteiger charge is 2.21. The first kappa shape index (κ1) is 15.9. The van der Waals surface area contributed by atoms with Crippen LogP contribution in [-0.2, 0) is 0 Å². The molecular formula is C14H21N5O3. The number of aromatic nitrogens is 1. The molecule has 8 nitrogen and oxygen atoms in total. The summed E-state index contributed by atoms with van der Waals surface area (Å²) in [6.07, 6.45) is 2.40. The van der Waals surface area contributed by atoms with Gasteiger partial charge in [-0.3, -0.25) is 0 Å². The molecule has 120 valence electrons. The number of nitrogens with one attached hydrogen (secondary N) is 3. The Bertz CT molecular complexity index is 489. The van der Waals surface area contributed by atoms with Gasteiger partial charge in [-0.2, -0.15) is 0 Å². The molecule has 0 radical (unpaired) electrons. The summed E-state index contributed by atoms with van der Waals surface area (Å²) in [5.74, 6) is 0.963. The van der Waals surface area contributed by atoms with Crippen LogP contribution in [0.1, 0.15) is 12.8 Å². The van der Waals surface area contributed by atoms with E-state index in [1.165, 1.54) is 0 Å². The monoisotopic (exact) mass is 307 g/mol. The SMILES string of the molecule is O=C(O)NCCNC(=O)NC1CCN(c2ccccn2)CC1. The zero-order valence-electron chi connectivity index (χ0n) is 12.3. The van der Waals surface area contributed by atoms with Gasteiger partial charge in [0.15, 0.2) is 0 Å². The molecule has 0 atom stereocenters. The first-order valence-corrected chi connectivity index (χ1v) is 7.32. The van der Waals surface area contributed by atoms with Gasteiger partial charge < -0.3 is 26.0 Å². The number of carboxylic acid groups (broad SMARTS) is 1. The Morgan fingerprint density at radius 2 is 1.95 bits per heavy atom. The third-order valence-electron chi connectivity index (χ3n) is 3.49. The quantitative estimate of drug-likeness (QED) is 0.597. The summed E-state index contributed by atoms with van der Waals surface area (Å²) in [7, 11) is 0. The van der Waals surface area contributed by atoms with Crippen LogP contribution in [-0.4, -0.2) is 54.4 Å². The van der Waals surface area contributed by atoms with Crippen molar-refractivity contribution in [3.05, 3.63) is 24.4 Å². The van der Waals surface area contributed by atoms with E-state index in [-0.39, 0.29) is 25.2 Å². The van der Waals surface area contributed by atoms with Crippen LogP contribution in [0.5, 0.6) is 0 Å². The van der Waals surface area contributed by atoms with Crippen LogP contribution in [0, 0.1) is 0 Å². The van der Waals surface area contributed by atoms with Gasteiger partial charge in [0.1, 0.15) is 5.82 Å². The van der Waals surface area contributed by atoms with Gasteiger partial charge in [-0.1, -0.05) is 6.07 Å². The average molecular weight is 307 g/mol. The lowest BCUT2D eigenvalue weighted by Crippen LogP contribution is -2.49. The Morgan fingerprint density at radius 3 is 2.59 bits per heavy atom. The van der Waals surface area contributed by atoms with E-state index in [0.717, 1.165) is 31.7 Å². The molecule has 0 aromatic carbocycles. The molecule has 1 saturated heterocycles. The fraction of sp³-hybridized carbons (Fsp3) is 0.500. The summed E-state index contributed by atoms with van der Waals surface area (Å²) in [4.78, 5) is 28.5. The summed E-state index contributed by atoms with van der Waals surface area (Å²) in [5, 5.41) is 16.1. The smallest absolute Gasteiger partial charge is 0.404 e. The summed E-state index contributed by atoms with van der Waals surface area (Å²) < 4.78 is 0. The Kier molecular flexibility index (Phi) is 5.81. The Hall–Kier alpha value is -2.51. The van der Waals surface area contributed by atoms with Crippen LogP contribution in [0.15, 0.2) is 24.4 Å². The van der Waals surface area contributed by atoms with Gasteiger partial charge in [0.2, 0.25) is 0 Å². The van der Waals surface area contributed by atoms with Gasteiger partial charge in [-0.15, -0.1) is 0 Å². The minimum Gasteiger partial charge on any atom is -0.465 e. The van der Waals surface area contributed by atoms with E-state index in [9.17, 15) is 9.59 Å². The van der Waals surface area contributed by atoms with E-state index < -0.39 is 6.09 Å². The lowest BCUT2D eigenvalue weighted by atomic mass is 10.1. The van der Waals surface area contributed by atoms with Crippen LogP contribution < -0.4 is 20.9 Å². The molecule has 0 saturated carbocycles.